The Morgan fingerprint density at radius 1 is 1.17 bits per heavy atom. The summed E-state index contributed by atoms with van der Waals surface area (Å²) in [6, 6.07) is 13.1. The molecule has 0 aliphatic rings. The summed E-state index contributed by atoms with van der Waals surface area (Å²) in [6.07, 6.45) is -0.154. The molecule has 0 saturated heterocycles. The van der Waals surface area contributed by atoms with Crippen LogP contribution in [0.1, 0.15) is 18.9 Å². The number of hydrogen-bond acceptors (Lipinski definition) is 4. The summed E-state index contributed by atoms with van der Waals surface area (Å²) >= 11 is 0. The second-order valence-corrected chi connectivity index (χ2v) is 6.90. The lowest BCUT2D eigenvalue weighted by atomic mass is 10.2. The van der Waals surface area contributed by atoms with Crippen LogP contribution in [0.4, 0.5) is 5.69 Å². The standard InChI is InChI=1S/C17H20N2O4S/c1-3-15(23-16-7-5-4-6-12(16)2)17(20)19-13-8-10-14(11-9-13)24(18,21)22/h4-11,15H,3H2,1-2H3,(H,19,20)(H2,18,21,22). The van der Waals surface area contributed by atoms with E-state index < -0.39 is 16.1 Å². The maximum Gasteiger partial charge on any atom is 0.265 e. The number of nitrogens with one attached hydrogen (secondary N) is 1. The molecule has 0 bridgehead atoms. The van der Waals surface area contributed by atoms with E-state index >= 15 is 0 Å². The van der Waals surface area contributed by atoms with Crippen molar-refractivity contribution in [3.8, 4) is 5.75 Å². The predicted octanol–water partition coefficient (Wildman–Crippen LogP) is 2.44. The van der Waals surface area contributed by atoms with E-state index in [-0.39, 0.29) is 10.8 Å². The van der Waals surface area contributed by atoms with Gasteiger partial charge in [-0.2, -0.15) is 0 Å². The summed E-state index contributed by atoms with van der Waals surface area (Å²) in [5.74, 6) is 0.355. The third-order valence-electron chi connectivity index (χ3n) is 3.48. The third kappa shape index (κ3) is 4.56. The van der Waals surface area contributed by atoms with Gasteiger partial charge in [-0.25, -0.2) is 13.6 Å². The van der Waals surface area contributed by atoms with Crippen LogP contribution in [0.2, 0.25) is 0 Å². The summed E-state index contributed by atoms with van der Waals surface area (Å²) in [5.41, 5.74) is 1.42. The molecule has 0 aliphatic heterocycles. The molecule has 2 rings (SSSR count). The predicted molar refractivity (Wildman–Crippen MR) is 92.3 cm³/mol. The van der Waals surface area contributed by atoms with Crippen LogP contribution < -0.4 is 15.2 Å². The highest BCUT2D eigenvalue weighted by atomic mass is 32.2. The smallest absolute Gasteiger partial charge is 0.265 e. The van der Waals surface area contributed by atoms with Crippen LogP contribution in [0.3, 0.4) is 0 Å². The van der Waals surface area contributed by atoms with E-state index in [4.69, 9.17) is 9.88 Å². The van der Waals surface area contributed by atoms with Crippen LogP contribution in [0.15, 0.2) is 53.4 Å². The maximum atomic E-state index is 12.4. The van der Waals surface area contributed by atoms with E-state index in [1.54, 1.807) is 0 Å². The zero-order valence-corrected chi connectivity index (χ0v) is 14.3. The SMILES string of the molecule is CCC(Oc1ccccc1C)C(=O)Nc1ccc(S(N)(=O)=O)cc1. The summed E-state index contributed by atoms with van der Waals surface area (Å²) in [7, 11) is -3.75. The second-order valence-electron chi connectivity index (χ2n) is 5.34. The van der Waals surface area contributed by atoms with Crippen LogP contribution in [-0.2, 0) is 14.8 Å². The molecule has 1 atom stereocenters. The van der Waals surface area contributed by atoms with E-state index in [2.05, 4.69) is 5.32 Å². The van der Waals surface area contributed by atoms with Gasteiger partial charge in [0.1, 0.15) is 5.75 Å². The number of primary sulfonamides is 1. The fourth-order valence-electron chi connectivity index (χ4n) is 2.11. The van der Waals surface area contributed by atoms with Crippen molar-refractivity contribution in [1.29, 1.82) is 0 Å². The number of aryl methyl sites for hydroxylation is 1. The van der Waals surface area contributed by atoms with Crippen molar-refractivity contribution < 1.29 is 17.9 Å². The van der Waals surface area contributed by atoms with Crippen molar-refractivity contribution in [3.63, 3.8) is 0 Å². The van der Waals surface area contributed by atoms with E-state index in [1.807, 2.05) is 38.1 Å². The molecule has 1 amide bonds. The monoisotopic (exact) mass is 348 g/mol. The van der Waals surface area contributed by atoms with Crippen LogP contribution in [0, 0.1) is 6.92 Å². The number of amides is 1. The first-order valence-electron chi connectivity index (χ1n) is 7.47. The van der Waals surface area contributed by atoms with Gasteiger partial charge in [0.15, 0.2) is 6.10 Å². The topological polar surface area (TPSA) is 98.5 Å². The Morgan fingerprint density at radius 2 is 1.79 bits per heavy atom. The summed E-state index contributed by atoms with van der Waals surface area (Å²) in [4.78, 5) is 12.4. The van der Waals surface area contributed by atoms with Crippen LogP contribution in [0.25, 0.3) is 0 Å². The molecular formula is C17H20N2O4S. The number of rotatable bonds is 6. The van der Waals surface area contributed by atoms with Crippen molar-refractivity contribution >= 4 is 21.6 Å². The lowest BCUT2D eigenvalue weighted by Crippen LogP contribution is -2.32. The van der Waals surface area contributed by atoms with Gasteiger partial charge in [0.05, 0.1) is 4.90 Å². The van der Waals surface area contributed by atoms with Gasteiger partial charge < -0.3 is 10.1 Å². The number of benzene rings is 2. The minimum atomic E-state index is -3.75. The lowest BCUT2D eigenvalue weighted by molar-refractivity contribution is -0.122. The Kier molecular flexibility index (Phi) is 5.58. The Bertz CT molecular complexity index is 817. The van der Waals surface area contributed by atoms with E-state index in [1.165, 1.54) is 24.3 Å². The summed E-state index contributed by atoms with van der Waals surface area (Å²) in [5, 5.41) is 7.75. The molecule has 0 aromatic heterocycles. The van der Waals surface area contributed by atoms with Gasteiger partial charge in [0, 0.05) is 5.69 Å². The molecule has 3 N–H and O–H groups in total. The third-order valence-corrected chi connectivity index (χ3v) is 4.41. The quantitative estimate of drug-likeness (QED) is 0.837. The molecule has 0 radical (unpaired) electrons. The molecule has 0 saturated carbocycles. The average molecular weight is 348 g/mol. The van der Waals surface area contributed by atoms with E-state index in [9.17, 15) is 13.2 Å². The van der Waals surface area contributed by atoms with Crippen molar-refractivity contribution in [2.45, 2.75) is 31.3 Å². The van der Waals surface area contributed by atoms with Crippen molar-refractivity contribution in [3.05, 3.63) is 54.1 Å². The van der Waals surface area contributed by atoms with E-state index in [0.29, 0.717) is 17.9 Å². The molecule has 128 valence electrons. The first-order chi connectivity index (χ1) is 11.3. The Hall–Kier alpha value is -2.38. The molecule has 2 aromatic rings. The van der Waals surface area contributed by atoms with Crippen molar-refractivity contribution in [1.82, 2.24) is 0 Å². The minimum absolute atomic E-state index is 0.0105. The average Bonchev–Trinajstić information content (AvgIpc) is 2.53. The number of nitrogens with two attached hydrogens (primary N) is 1. The first-order valence-corrected chi connectivity index (χ1v) is 9.02. The van der Waals surface area contributed by atoms with Crippen molar-refractivity contribution in [2.75, 3.05) is 5.32 Å². The van der Waals surface area contributed by atoms with Gasteiger partial charge in [0.2, 0.25) is 10.0 Å². The highest BCUT2D eigenvalue weighted by molar-refractivity contribution is 7.89. The van der Waals surface area contributed by atoms with Crippen LogP contribution in [-0.4, -0.2) is 20.4 Å². The molecule has 0 spiro atoms. The fraction of sp³-hybridized carbons (Fsp3) is 0.235. The largest absolute Gasteiger partial charge is 0.480 e. The molecule has 2 aromatic carbocycles. The lowest BCUT2D eigenvalue weighted by Gasteiger charge is -2.18. The highest BCUT2D eigenvalue weighted by Crippen LogP contribution is 2.20. The Morgan fingerprint density at radius 3 is 2.33 bits per heavy atom. The first kappa shape index (κ1) is 18.0. The van der Waals surface area contributed by atoms with Gasteiger partial charge in [-0.05, 0) is 49.2 Å². The highest BCUT2D eigenvalue weighted by Gasteiger charge is 2.19. The Labute approximate surface area is 141 Å². The molecule has 7 heteroatoms. The minimum Gasteiger partial charge on any atom is -0.480 e. The molecule has 6 nitrogen and oxygen atoms in total. The fourth-order valence-corrected chi connectivity index (χ4v) is 2.63. The van der Waals surface area contributed by atoms with Gasteiger partial charge >= 0.3 is 0 Å². The molecule has 0 aliphatic carbocycles. The Balaban J connectivity index is 2.08. The number of sulfonamides is 1. The molecular weight excluding hydrogens is 328 g/mol. The normalized spacial score (nSPS) is 12.5. The zero-order chi connectivity index (χ0) is 17.7. The van der Waals surface area contributed by atoms with Crippen LogP contribution >= 0.6 is 0 Å². The molecule has 24 heavy (non-hydrogen) atoms. The summed E-state index contributed by atoms with van der Waals surface area (Å²) in [6.45, 7) is 3.76. The van der Waals surface area contributed by atoms with Gasteiger partial charge in [0.25, 0.3) is 5.91 Å². The molecule has 1 unspecified atom stereocenters. The van der Waals surface area contributed by atoms with Crippen molar-refractivity contribution in [2.24, 2.45) is 5.14 Å². The number of anilines is 1. The second kappa shape index (κ2) is 7.46. The number of ether oxygens (including phenoxy) is 1. The van der Waals surface area contributed by atoms with Gasteiger partial charge in [-0.1, -0.05) is 25.1 Å². The molecule has 0 heterocycles. The number of carbonyl (C=O) groups excluding carboxylic acids is 1. The van der Waals surface area contributed by atoms with E-state index in [0.717, 1.165) is 5.56 Å². The maximum absolute atomic E-state index is 12.4. The summed E-state index contributed by atoms with van der Waals surface area (Å²) < 4.78 is 28.2. The van der Waals surface area contributed by atoms with Gasteiger partial charge in [-0.3, -0.25) is 4.79 Å². The number of carbonyl (C=O) groups is 1. The van der Waals surface area contributed by atoms with Gasteiger partial charge in [-0.15, -0.1) is 0 Å². The molecule has 0 fully saturated rings. The van der Waals surface area contributed by atoms with Crippen LogP contribution in [0.5, 0.6) is 5.75 Å². The zero-order valence-electron chi connectivity index (χ0n) is 13.5. The number of para-hydroxylation sites is 1. The number of hydrogen-bond donors (Lipinski definition) is 2.